The normalized spacial score (nSPS) is 20.4. The minimum atomic E-state index is -0.621. The molecule has 1 N–H and O–H groups in total. The first-order valence-electron chi connectivity index (χ1n) is 4.70. The molecule has 4 heteroatoms. The van der Waals surface area contributed by atoms with E-state index in [-0.39, 0.29) is 18.9 Å². The number of hydrogen-bond acceptors (Lipinski definition) is 3. The maximum absolute atomic E-state index is 11.5. The highest BCUT2D eigenvalue weighted by molar-refractivity contribution is 5.97. The summed E-state index contributed by atoms with van der Waals surface area (Å²) >= 11 is 0. The quantitative estimate of drug-likeness (QED) is 0.727. The standard InChI is InChI=1S/C11H10N2O2/c12-6-8-3-1-2-4-10(8)13-7-9(14)5-11(13)15/h1-4,9,14H,5,7H2. The molecule has 1 aromatic rings. The van der Waals surface area contributed by atoms with Crippen LogP contribution in [0.25, 0.3) is 0 Å². The lowest BCUT2D eigenvalue weighted by Crippen LogP contribution is -2.25. The number of β-amino-alcohol motifs (C(OH)–C–C–N with tert-alkyl or cyclic N) is 1. The van der Waals surface area contributed by atoms with Crippen LogP contribution in [0, 0.1) is 11.3 Å². The van der Waals surface area contributed by atoms with Crippen LogP contribution in [0.1, 0.15) is 12.0 Å². The maximum Gasteiger partial charge on any atom is 0.229 e. The predicted molar refractivity (Wildman–Crippen MR) is 54.1 cm³/mol. The van der Waals surface area contributed by atoms with E-state index in [1.807, 2.05) is 6.07 Å². The smallest absolute Gasteiger partial charge is 0.229 e. The number of carbonyl (C=O) groups excluding carboxylic acids is 1. The lowest BCUT2D eigenvalue weighted by atomic mass is 10.2. The highest BCUT2D eigenvalue weighted by Gasteiger charge is 2.30. The van der Waals surface area contributed by atoms with Crippen molar-refractivity contribution in [1.29, 1.82) is 5.26 Å². The molecule has 76 valence electrons. The van der Waals surface area contributed by atoms with Gasteiger partial charge in [0, 0.05) is 0 Å². The summed E-state index contributed by atoms with van der Waals surface area (Å²) in [6, 6.07) is 8.93. The summed E-state index contributed by atoms with van der Waals surface area (Å²) in [6.07, 6.45) is -0.482. The van der Waals surface area contributed by atoms with Crippen LogP contribution < -0.4 is 4.90 Å². The van der Waals surface area contributed by atoms with Gasteiger partial charge in [0.1, 0.15) is 6.07 Å². The maximum atomic E-state index is 11.5. The van der Waals surface area contributed by atoms with E-state index >= 15 is 0 Å². The Balaban J connectivity index is 2.38. The largest absolute Gasteiger partial charge is 0.391 e. The van der Waals surface area contributed by atoms with Gasteiger partial charge in [-0.2, -0.15) is 5.26 Å². The fraction of sp³-hybridized carbons (Fsp3) is 0.273. The Kier molecular flexibility index (Phi) is 2.40. The van der Waals surface area contributed by atoms with E-state index < -0.39 is 6.10 Å². The van der Waals surface area contributed by atoms with E-state index in [0.717, 1.165) is 0 Å². The van der Waals surface area contributed by atoms with Crippen LogP contribution in [0.4, 0.5) is 5.69 Å². The molecule has 0 bridgehead atoms. The molecule has 1 aromatic carbocycles. The lowest BCUT2D eigenvalue weighted by Gasteiger charge is -2.16. The molecule has 1 aliphatic rings. The molecule has 1 saturated heterocycles. The van der Waals surface area contributed by atoms with Gasteiger partial charge in [-0.3, -0.25) is 4.79 Å². The molecule has 0 radical (unpaired) electrons. The van der Waals surface area contributed by atoms with Crippen LogP contribution in [0.15, 0.2) is 24.3 Å². The number of rotatable bonds is 1. The molecule has 0 aliphatic carbocycles. The van der Waals surface area contributed by atoms with Crippen molar-refractivity contribution in [3.63, 3.8) is 0 Å². The summed E-state index contributed by atoms with van der Waals surface area (Å²) in [6.45, 7) is 0.275. The van der Waals surface area contributed by atoms with Crippen LogP contribution in [-0.2, 0) is 4.79 Å². The van der Waals surface area contributed by atoms with E-state index in [2.05, 4.69) is 0 Å². The predicted octanol–water partition coefficient (Wildman–Crippen LogP) is 0.656. The van der Waals surface area contributed by atoms with Gasteiger partial charge in [0.25, 0.3) is 0 Å². The molecule has 1 fully saturated rings. The van der Waals surface area contributed by atoms with Crippen molar-refractivity contribution in [1.82, 2.24) is 0 Å². The zero-order chi connectivity index (χ0) is 10.8. The fourth-order valence-electron chi connectivity index (χ4n) is 1.73. The number of para-hydroxylation sites is 1. The molecule has 1 unspecified atom stereocenters. The van der Waals surface area contributed by atoms with Gasteiger partial charge in [0.05, 0.1) is 30.3 Å². The minimum absolute atomic E-state index is 0.134. The molecule has 1 heterocycles. The minimum Gasteiger partial charge on any atom is -0.391 e. The highest BCUT2D eigenvalue weighted by Crippen LogP contribution is 2.24. The Morgan fingerprint density at radius 2 is 2.20 bits per heavy atom. The number of nitrogens with zero attached hydrogens (tertiary/aromatic N) is 2. The van der Waals surface area contributed by atoms with Crippen molar-refractivity contribution < 1.29 is 9.90 Å². The van der Waals surface area contributed by atoms with Crippen LogP contribution >= 0.6 is 0 Å². The Labute approximate surface area is 87.4 Å². The van der Waals surface area contributed by atoms with Gasteiger partial charge in [-0.25, -0.2) is 0 Å². The highest BCUT2D eigenvalue weighted by atomic mass is 16.3. The van der Waals surface area contributed by atoms with Gasteiger partial charge in [0.15, 0.2) is 0 Å². The topological polar surface area (TPSA) is 64.3 Å². The molecule has 1 atom stereocenters. The summed E-state index contributed by atoms with van der Waals surface area (Å²) in [5.41, 5.74) is 1.04. The van der Waals surface area contributed by atoms with Crippen molar-refractivity contribution in [2.75, 3.05) is 11.4 Å². The molecule has 0 spiro atoms. The first-order valence-corrected chi connectivity index (χ1v) is 4.70. The molecular formula is C11H10N2O2. The SMILES string of the molecule is N#Cc1ccccc1N1CC(O)CC1=O. The molecule has 2 rings (SSSR count). The second kappa shape index (κ2) is 3.71. The van der Waals surface area contributed by atoms with E-state index in [1.54, 1.807) is 24.3 Å². The zero-order valence-corrected chi connectivity index (χ0v) is 8.05. The number of benzene rings is 1. The van der Waals surface area contributed by atoms with Crippen molar-refractivity contribution in [2.24, 2.45) is 0 Å². The van der Waals surface area contributed by atoms with Crippen LogP contribution in [-0.4, -0.2) is 23.7 Å². The molecule has 0 saturated carbocycles. The third kappa shape index (κ3) is 1.69. The lowest BCUT2D eigenvalue weighted by molar-refractivity contribution is -0.117. The van der Waals surface area contributed by atoms with Crippen molar-refractivity contribution in [2.45, 2.75) is 12.5 Å². The molecular weight excluding hydrogens is 192 g/mol. The average molecular weight is 202 g/mol. The van der Waals surface area contributed by atoms with Crippen LogP contribution in [0.2, 0.25) is 0 Å². The summed E-state index contributed by atoms with van der Waals surface area (Å²) in [4.78, 5) is 13.0. The number of hydrogen-bond donors (Lipinski definition) is 1. The van der Waals surface area contributed by atoms with Gasteiger partial charge >= 0.3 is 0 Å². The second-order valence-corrected chi connectivity index (χ2v) is 3.49. The number of anilines is 1. The van der Waals surface area contributed by atoms with Gasteiger partial charge in [-0.15, -0.1) is 0 Å². The Morgan fingerprint density at radius 3 is 2.80 bits per heavy atom. The Bertz CT molecular complexity index is 436. The van der Waals surface area contributed by atoms with Crippen molar-refractivity contribution in [3.05, 3.63) is 29.8 Å². The molecule has 0 aromatic heterocycles. The third-order valence-electron chi connectivity index (χ3n) is 2.42. The van der Waals surface area contributed by atoms with Crippen LogP contribution in [0.5, 0.6) is 0 Å². The molecule has 15 heavy (non-hydrogen) atoms. The summed E-state index contributed by atoms with van der Waals surface area (Å²) in [7, 11) is 0. The average Bonchev–Trinajstić information content (AvgIpc) is 2.57. The molecule has 4 nitrogen and oxygen atoms in total. The van der Waals surface area contributed by atoms with E-state index in [4.69, 9.17) is 5.26 Å². The fourth-order valence-corrected chi connectivity index (χ4v) is 1.73. The molecule has 1 amide bonds. The Morgan fingerprint density at radius 1 is 1.47 bits per heavy atom. The van der Waals surface area contributed by atoms with Gasteiger partial charge in [0.2, 0.25) is 5.91 Å². The molecule has 1 aliphatic heterocycles. The monoisotopic (exact) mass is 202 g/mol. The number of aliphatic hydroxyl groups excluding tert-OH is 1. The van der Waals surface area contributed by atoms with Crippen LogP contribution in [0.3, 0.4) is 0 Å². The summed E-state index contributed by atoms with van der Waals surface area (Å²) in [5, 5.41) is 18.2. The third-order valence-corrected chi connectivity index (χ3v) is 2.42. The first kappa shape index (κ1) is 9.69. The number of nitriles is 1. The Hall–Kier alpha value is -1.86. The van der Waals surface area contributed by atoms with E-state index in [0.29, 0.717) is 11.3 Å². The van der Waals surface area contributed by atoms with E-state index in [1.165, 1.54) is 4.90 Å². The van der Waals surface area contributed by atoms with Gasteiger partial charge in [-0.1, -0.05) is 12.1 Å². The second-order valence-electron chi connectivity index (χ2n) is 3.49. The summed E-state index contributed by atoms with van der Waals surface area (Å²) < 4.78 is 0. The van der Waals surface area contributed by atoms with Gasteiger partial charge < -0.3 is 10.0 Å². The first-order chi connectivity index (χ1) is 7.22. The van der Waals surface area contributed by atoms with E-state index in [9.17, 15) is 9.90 Å². The van der Waals surface area contributed by atoms with Gasteiger partial charge in [-0.05, 0) is 12.1 Å². The number of amides is 1. The van der Waals surface area contributed by atoms with Crippen molar-refractivity contribution in [3.8, 4) is 6.07 Å². The number of aliphatic hydroxyl groups is 1. The zero-order valence-electron chi connectivity index (χ0n) is 8.05. The van der Waals surface area contributed by atoms with Crippen molar-refractivity contribution >= 4 is 11.6 Å². The number of carbonyl (C=O) groups is 1. The summed E-state index contributed by atoms with van der Waals surface area (Å²) in [5.74, 6) is -0.134.